The Morgan fingerprint density at radius 1 is 1.70 bits per heavy atom. The van der Waals surface area contributed by atoms with Crippen molar-refractivity contribution in [2.75, 3.05) is 0 Å². The molecule has 1 aromatic heterocycles. The van der Waals surface area contributed by atoms with Crippen LogP contribution in [-0.2, 0) is 7.05 Å². The normalized spacial score (nSPS) is 8.50. The summed E-state index contributed by atoms with van der Waals surface area (Å²) in [6, 6.07) is 0. The predicted molar refractivity (Wildman–Crippen MR) is 25.8 cm³/mol. The van der Waals surface area contributed by atoms with E-state index >= 15 is 0 Å². The maximum Gasteiger partial charge on any atom is 1.00 e. The molecular formula is C3H4KN4O2+. The maximum atomic E-state index is 10.0. The second-order valence-electron chi connectivity index (χ2n) is 1.41. The van der Waals surface area contributed by atoms with Gasteiger partial charge >= 0.3 is 57.4 Å². The van der Waals surface area contributed by atoms with Crippen LogP contribution in [0.4, 0.5) is 0 Å². The Labute approximate surface area is 99.0 Å². The van der Waals surface area contributed by atoms with Gasteiger partial charge in [0, 0.05) is 0 Å². The summed E-state index contributed by atoms with van der Waals surface area (Å²) < 4.78 is 0. The first-order chi connectivity index (χ1) is 4.20. The van der Waals surface area contributed by atoms with Crippen molar-refractivity contribution in [1.82, 2.24) is 20.2 Å². The molecule has 10 heavy (non-hydrogen) atoms. The second-order valence-corrected chi connectivity index (χ2v) is 1.41. The van der Waals surface area contributed by atoms with Crippen molar-refractivity contribution < 1.29 is 61.3 Å². The summed E-state index contributed by atoms with van der Waals surface area (Å²) >= 11 is 0. The largest absolute Gasteiger partial charge is 1.00 e. The van der Waals surface area contributed by atoms with Crippen molar-refractivity contribution in [2.24, 2.45) is 7.05 Å². The average Bonchev–Trinajstić information content (AvgIpc) is 2.14. The van der Waals surface area contributed by atoms with E-state index in [0.29, 0.717) is 0 Å². The van der Waals surface area contributed by atoms with E-state index in [2.05, 4.69) is 15.4 Å². The van der Waals surface area contributed by atoms with E-state index in [9.17, 15) is 4.79 Å². The van der Waals surface area contributed by atoms with Crippen molar-refractivity contribution in [3.8, 4) is 0 Å². The fraction of sp³-hybridized carbons (Fsp3) is 0.333. The molecule has 7 heteroatoms. The van der Waals surface area contributed by atoms with Gasteiger partial charge in [-0.1, -0.05) is 0 Å². The number of rotatable bonds is 1. The number of nitrogens with zero attached hydrogens (tertiary/aromatic N) is 4. The number of tetrazole rings is 1. The van der Waals surface area contributed by atoms with Crippen LogP contribution in [0.2, 0.25) is 0 Å². The first kappa shape index (κ1) is 10.2. The van der Waals surface area contributed by atoms with Gasteiger partial charge in [-0.25, -0.2) is 4.79 Å². The zero-order valence-corrected chi connectivity index (χ0v) is 8.77. The van der Waals surface area contributed by atoms with Crippen LogP contribution in [0, 0.1) is 0 Å². The van der Waals surface area contributed by atoms with Crippen LogP contribution in [0.5, 0.6) is 0 Å². The van der Waals surface area contributed by atoms with Gasteiger partial charge in [-0.3, -0.25) is 0 Å². The number of carboxylic acid groups (broad SMARTS) is 1. The van der Waals surface area contributed by atoms with E-state index in [-0.39, 0.29) is 57.2 Å². The first-order valence-corrected chi connectivity index (χ1v) is 2.17. The number of carboxylic acids is 1. The van der Waals surface area contributed by atoms with Gasteiger partial charge in [-0.05, 0) is 5.21 Å². The Balaban J connectivity index is 0.000000810. The van der Waals surface area contributed by atoms with Gasteiger partial charge in [0.05, 0.1) is 7.05 Å². The van der Waals surface area contributed by atoms with Crippen LogP contribution in [0.25, 0.3) is 0 Å². The molecule has 0 radical (unpaired) electrons. The zero-order chi connectivity index (χ0) is 6.85. The molecule has 0 aliphatic rings. The molecule has 48 valence electrons. The van der Waals surface area contributed by atoms with Crippen LogP contribution < -0.4 is 51.4 Å². The smallest absolute Gasteiger partial charge is 0.475 e. The van der Waals surface area contributed by atoms with Crippen molar-refractivity contribution in [2.45, 2.75) is 0 Å². The fourth-order valence-electron chi connectivity index (χ4n) is 0.370. The average molecular weight is 167 g/mol. The minimum atomic E-state index is -1.16. The Morgan fingerprint density at radius 3 is 2.50 bits per heavy atom. The molecule has 0 atom stereocenters. The first-order valence-electron chi connectivity index (χ1n) is 2.17. The van der Waals surface area contributed by atoms with Crippen molar-refractivity contribution in [1.29, 1.82) is 0 Å². The quantitative estimate of drug-likeness (QED) is 0.430. The molecule has 0 saturated carbocycles. The minimum Gasteiger partial charge on any atom is -0.475 e. The van der Waals surface area contributed by atoms with Gasteiger partial charge in [0.1, 0.15) is 0 Å². The topological polar surface area (TPSA) is 80.9 Å². The van der Waals surface area contributed by atoms with Gasteiger partial charge in [-0.15, -0.1) is 10.2 Å². The van der Waals surface area contributed by atoms with Gasteiger partial charge in [0.25, 0.3) is 5.82 Å². The molecule has 0 aliphatic heterocycles. The van der Waals surface area contributed by atoms with Crippen LogP contribution in [0.3, 0.4) is 0 Å². The van der Waals surface area contributed by atoms with Crippen LogP contribution in [-0.4, -0.2) is 31.3 Å². The molecule has 1 aromatic rings. The number of hydrogen-bond acceptors (Lipinski definition) is 4. The molecule has 0 bridgehead atoms. The molecule has 1 heterocycles. The zero-order valence-electron chi connectivity index (χ0n) is 5.64. The van der Waals surface area contributed by atoms with Gasteiger partial charge in [-0.2, -0.15) is 4.80 Å². The van der Waals surface area contributed by atoms with Crippen molar-refractivity contribution in [3.63, 3.8) is 0 Å². The van der Waals surface area contributed by atoms with Crippen LogP contribution in [0.15, 0.2) is 0 Å². The molecule has 0 aromatic carbocycles. The summed E-state index contributed by atoms with van der Waals surface area (Å²) in [5, 5.41) is 18.2. The Bertz CT molecular complexity index is 234. The van der Waals surface area contributed by atoms with Gasteiger partial charge < -0.3 is 5.11 Å². The molecule has 0 aliphatic carbocycles. The molecule has 0 amide bonds. The third-order valence-corrected chi connectivity index (χ3v) is 0.700. The molecule has 1 rings (SSSR count). The summed E-state index contributed by atoms with van der Waals surface area (Å²) in [7, 11) is 1.50. The van der Waals surface area contributed by atoms with Crippen LogP contribution >= 0.6 is 0 Å². The van der Waals surface area contributed by atoms with Gasteiger partial charge in [0.2, 0.25) is 0 Å². The van der Waals surface area contributed by atoms with E-state index in [1.165, 1.54) is 7.05 Å². The Hall–Kier alpha value is 0.176. The van der Waals surface area contributed by atoms with E-state index in [4.69, 9.17) is 5.11 Å². The predicted octanol–water partition coefficient (Wildman–Crippen LogP) is -4.09. The van der Waals surface area contributed by atoms with E-state index in [0.717, 1.165) is 4.80 Å². The summed E-state index contributed by atoms with van der Waals surface area (Å²) in [5.41, 5.74) is 0. The van der Waals surface area contributed by atoms with Crippen LogP contribution in [0.1, 0.15) is 10.6 Å². The second kappa shape index (κ2) is 4.14. The molecular weight excluding hydrogens is 163 g/mol. The summed E-state index contributed by atoms with van der Waals surface area (Å²) in [6.45, 7) is 0. The van der Waals surface area contributed by atoms with Gasteiger partial charge in [0.15, 0.2) is 0 Å². The minimum absolute atomic E-state index is 0. The van der Waals surface area contributed by atoms with E-state index in [1.54, 1.807) is 0 Å². The third-order valence-electron chi connectivity index (χ3n) is 0.700. The molecule has 6 nitrogen and oxygen atoms in total. The number of hydrogen-bond donors (Lipinski definition) is 1. The molecule has 1 N–H and O–H groups in total. The third kappa shape index (κ3) is 2.43. The summed E-state index contributed by atoms with van der Waals surface area (Å²) in [4.78, 5) is 11.1. The van der Waals surface area contributed by atoms with Crippen molar-refractivity contribution >= 4 is 5.97 Å². The molecule has 0 spiro atoms. The fourth-order valence-corrected chi connectivity index (χ4v) is 0.370. The van der Waals surface area contributed by atoms with Crippen molar-refractivity contribution in [3.05, 3.63) is 5.82 Å². The molecule has 0 saturated heterocycles. The SMILES string of the molecule is Cn1nnc(C(=O)O)n1.[K+]. The maximum absolute atomic E-state index is 10.0. The monoisotopic (exact) mass is 167 g/mol. The summed E-state index contributed by atoms with van der Waals surface area (Å²) in [6.07, 6.45) is 0. The van der Waals surface area contributed by atoms with E-state index in [1.807, 2.05) is 0 Å². The number of carbonyl (C=O) groups is 1. The number of aryl methyl sites for hydroxylation is 1. The van der Waals surface area contributed by atoms with E-state index < -0.39 is 5.97 Å². The Morgan fingerprint density at radius 2 is 2.30 bits per heavy atom. The molecule has 0 unspecified atom stereocenters. The standard InChI is InChI=1S/C3H4N4O2.K/c1-7-5-2(3(8)9)4-6-7;/h1H3,(H,8,9);/q;+1. The number of aromatic nitrogens is 4. The summed E-state index contributed by atoms with van der Waals surface area (Å²) in [5.74, 6) is -1.44. The molecule has 0 fully saturated rings. The Kier molecular flexibility index (Phi) is 4.21. The number of aromatic carboxylic acids is 1.